The molecule has 0 amide bonds. The van der Waals surface area contributed by atoms with E-state index in [0.29, 0.717) is 12.0 Å². The van der Waals surface area contributed by atoms with Gasteiger partial charge in [-0.15, -0.1) is 0 Å². The molecule has 0 bridgehead atoms. The van der Waals surface area contributed by atoms with Gasteiger partial charge in [-0.3, -0.25) is 0 Å². The Bertz CT molecular complexity index is 564. The minimum atomic E-state index is -0.00340. The van der Waals surface area contributed by atoms with Crippen molar-refractivity contribution < 1.29 is 9.47 Å². The Kier molecular flexibility index (Phi) is 5.25. The van der Waals surface area contributed by atoms with Gasteiger partial charge < -0.3 is 9.47 Å². The van der Waals surface area contributed by atoms with E-state index in [1.807, 2.05) is 18.2 Å². The molecule has 118 valence electrons. The fraction of sp³-hybridized carbons (Fsp3) is 0.400. The molecule has 0 spiro atoms. The Morgan fingerprint density at radius 1 is 1.36 bits per heavy atom. The highest BCUT2D eigenvalue weighted by Crippen LogP contribution is 2.43. The zero-order valence-electron chi connectivity index (χ0n) is 14.0. The first kappa shape index (κ1) is 16.6. The van der Waals surface area contributed by atoms with E-state index in [9.17, 15) is 0 Å². The van der Waals surface area contributed by atoms with Crippen LogP contribution in [-0.2, 0) is 4.74 Å². The maximum absolute atomic E-state index is 5.82. The smallest absolute Gasteiger partial charge is 0.118 e. The number of rotatable bonds is 7. The van der Waals surface area contributed by atoms with E-state index in [-0.39, 0.29) is 5.60 Å². The van der Waals surface area contributed by atoms with E-state index in [1.165, 1.54) is 11.1 Å². The highest BCUT2D eigenvalue weighted by Gasteiger charge is 2.51. The second-order valence-electron chi connectivity index (χ2n) is 6.33. The lowest BCUT2D eigenvalue weighted by molar-refractivity contribution is 0.307. The molecule has 2 atom stereocenters. The highest BCUT2D eigenvalue weighted by atomic mass is 16.6. The van der Waals surface area contributed by atoms with Crippen molar-refractivity contribution in [3.05, 3.63) is 60.2 Å². The lowest BCUT2D eigenvalue weighted by Crippen LogP contribution is -2.13. The monoisotopic (exact) mass is 298 g/mol. The Balaban J connectivity index is 2.01. The average Bonchev–Trinajstić information content (AvgIpc) is 3.15. The zero-order chi connectivity index (χ0) is 16.2. The SMILES string of the molecule is C=CC(C)=C[C@@H](CC=Cc1ccc(OC)cc1)[C@H]1OC1(C)C. The van der Waals surface area contributed by atoms with Gasteiger partial charge in [0.2, 0.25) is 0 Å². The molecule has 1 fully saturated rings. The summed E-state index contributed by atoms with van der Waals surface area (Å²) in [6, 6.07) is 8.08. The number of benzene rings is 1. The van der Waals surface area contributed by atoms with Crippen LogP contribution in [0.4, 0.5) is 0 Å². The van der Waals surface area contributed by atoms with Gasteiger partial charge in [-0.2, -0.15) is 0 Å². The summed E-state index contributed by atoms with van der Waals surface area (Å²) in [5.41, 5.74) is 2.38. The Morgan fingerprint density at radius 2 is 2.00 bits per heavy atom. The van der Waals surface area contributed by atoms with Gasteiger partial charge >= 0.3 is 0 Å². The van der Waals surface area contributed by atoms with Crippen molar-refractivity contribution in [2.24, 2.45) is 5.92 Å². The first-order chi connectivity index (χ1) is 10.5. The highest BCUT2D eigenvalue weighted by molar-refractivity contribution is 5.50. The molecule has 1 aliphatic heterocycles. The molecule has 1 heterocycles. The summed E-state index contributed by atoms with van der Waals surface area (Å²) < 4.78 is 11.0. The van der Waals surface area contributed by atoms with Crippen molar-refractivity contribution in [2.45, 2.75) is 38.9 Å². The van der Waals surface area contributed by atoms with E-state index < -0.39 is 0 Å². The number of hydrogen-bond acceptors (Lipinski definition) is 2. The molecule has 0 saturated carbocycles. The van der Waals surface area contributed by atoms with Gasteiger partial charge in [0.25, 0.3) is 0 Å². The number of ether oxygens (including phenoxy) is 2. The van der Waals surface area contributed by atoms with Gasteiger partial charge in [0.15, 0.2) is 0 Å². The van der Waals surface area contributed by atoms with Crippen molar-refractivity contribution in [1.82, 2.24) is 0 Å². The lowest BCUT2D eigenvalue weighted by atomic mass is 9.92. The van der Waals surface area contributed by atoms with Gasteiger partial charge in [0.05, 0.1) is 18.8 Å². The summed E-state index contributed by atoms with van der Waals surface area (Å²) in [6.45, 7) is 10.2. The summed E-state index contributed by atoms with van der Waals surface area (Å²) in [4.78, 5) is 0. The van der Waals surface area contributed by atoms with Gasteiger partial charge in [-0.05, 0) is 44.9 Å². The summed E-state index contributed by atoms with van der Waals surface area (Å²) in [7, 11) is 1.68. The summed E-state index contributed by atoms with van der Waals surface area (Å²) in [5, 5.41) is 0. The number of methoxy groups -OCH3 is 1. The molecule has 0 unspecified atom stereocenters. The molecule has 0 aliphatic carbocycles. The second kappa shape index (κ2) is 6.97. The molecular formula is C20H26O2. The zero-order valence-corrected chi connectivity index (χ0v) is 14.0. The molecule has 2 rings (SSSR count). The standard InChI is InChI=1S/C20H26O2/c1-6-15(2)14-17(19-20(3,4)22-19)9-7-8-16-10-12-18(21-5)13-11-16/h6-8,10-14,17,19H,1,9H2,2-5H3/t17-,19-/m1/s1. The fourth-order valence-electron chi connectivity index (χ4n) is 2.66. The second-order valence-corrected chi connectivity index (χ2v) is 6.33. The van der Waals surface area contributed by atoms with Crippen LogP contribution in [0.3, 0.4) is 0 Å². The maximum Gasteiger partial charge on any atom is 0.118 e. The topological polar surface area (TPSA) is 21.8 Å². The quantitative estimate of drug-likeness (QED) is 0.520. The minimum Gasteiger partial charge on any atom is -0.497 e. The summed E-state index contributed by atoms with van der Waals surface area (Å²) >= 11 is 0. The van der Waals surface area contributed by atoms with Crippen molar-refractivity contribution in [3.8, 4) is 5.75 Å². The predicted octanol–water partition coefficient (Wildman–Crippen LogP) is 5.02. The molecule has 2 nitrogen and oxygen atoms in total. The molecule has 0 aromatic heterocycles. The van der Waals surface area contributed by atoms with Crippen LogP contribution < -0.4 is 4.74 Å². The van der Waals surface area contributed by atoms with E-state index in [0.717, 1.165) is 12.2 Å². The first-order valence-electron chi connectivity index (χ1n) is 7.75. The predicted molar refractivity (Wildman–Crippen MR) is 93.0 cm³/mol. The van der Waals surface area contributed by atoms with Crippen LogP contribution >= 0.6 is 0 Å². The van der Waals surface area contributed by atoms with E-state index >= 15 is 0 Å². The van der Waals surface area contributed by atoms with Crippen LogP contribution in [0.15, 0.2) is 54.6 Å². The Hall–Kier alpha value is -1.80. The molecule has 2 heteroatoms. The molecule has 22 heavy (non-hydrogen) atoms. The summed E-state index contributed by atoms with van der Waals surface area (Å²) in [5.74, 6) is 1.27. The van der Waals surface area contributed by atoms with Crippen molar-refractivity contribution in [1.29, 1.82) is 0 Å². The third kappa shape index (κ3) is 4.35. The van der Waals surface area contributed by atoms with Crippen LogP contribution in [0.2, 0.25) is 0 Å². The van der Waals surface area contributed by atoms with Crippen LogP contribution in [0.25, 0.3) is 6.08 Å². The molecular weight excluding hydrogens is 272 g/mol. The molecule has 0 radical (unpaired) electrons. The van der Waals surface area contributed by atoms with Crippen LogP contribution in [0, 0.1) is 5.92 Å². The third-order valence-electron chi connectivity index (χ3n) is 4.08. The normalized spacial score (nSPS) is 21.6. The molecule has 1 aromatic rings. The molecule has 1 aliphatic rings. The fourth-order valence-corrected chi connectivity index (χ4v) is 2.66. The summed E-state index contributed by atoms with van der Waals surface area (Å²) in [6.07, 6.45) is 9.80. The minimum absolute atomic E-state index is 0.00340. The van der Waals surface area contributed by atoms with Crippen molar-refractivity contribution >= 4 is 6.08 Å². The van der Waals surface area contributed by atoms with Crippen molar-refractivity contribution in [3.63, 3.8) is 0 Å². The number of epoxide rings is 1. The molecule has 0 N–H and O–H groups in total. The lowest BCUT2D eigenvalue weighted by Gasteiger charge is -2.09. The molecule has 1 aromatic carbocycles. The van der Waals surface area contributed by atoms with Gasteiger partial charge in [-0.1, -0.05) is 48.6 Å². The Labute approximate surface area is 134 Å². The van der Waals surface area contributed by atoms with E-state index in [1.54, 1.807) is 7.11 Å². The third-order valence-corrected chi connectivity index (χ3v) is 4.08. The van der Waals surface area contributed by atoms with Crippen LogP contribution in [0.5, 0.6) is 5.75 Å². The van der Waals surface area contributed by atoms with E-state index in [4.69, 9.17) is 9.47 Å². The first-order valence-corrected chi connectivity index (χ1v) is 7.75. The van der Waals surface area contributed by atoms with Crippen molar-refractivity contribution in [2.75, 3.05) is 7.11 Å². The Morgan fingerprint density at radius 3 is 2.50 bits per heavy atom. The number of hydrogen-bond donors (Lipinski definition) is 0. The van der Waals surface area contributed by atoms with Crippen LogP contribution in [-0.4, -0.2) is 18.8 Å². The van der Waals surface area contributed by atoms with Gasteiger partial charge in [0.1, 0.15) is 5.75 Å². The molecule has 1 saturated heterocycles. The largest absolute Gasteiger partial charge is 0.497 e. The van der Waals surface area contributed by atoms with Gasteiger partial charge in [0, 0.05) is 5.92 Å². The average molecular weight is 298 g/mol. The number of allylic oxidation sites excluding steroid dienone is 3. The van der Waals surface area contributed by atoms with Crippen LogP contribution in [0.1, 0.15) is 32.8 Å². The van der Waals surface area contributed by atoms with Gasteiger partial charge in [-0.25, -0.2) is 0 Å². The van der Waals surface area contributed by atoms with E-state index in [2.05, 4.69) is 57.7 Å². The maximum atomic E-state index is 5.82.